The van der Waals surface area contributed by atoms with E-state index in [2.05, 4.69) is 4.98 Å². The summed E-state index contributed by atoms with van der Waals surface area (Å²) in [5.74, 6) is 0. The minimum atomic E-state index is -0.912. The molecule has 1 aromatic heterocycles. The fraction of sp³-hybridized carbons (Fsp3) is 0.455. The van der Waals surface area contributed by atoms with E-state index in [-0.39, 0.29) is 13.0 Å². The average Bonchev–Trinajstić information content (AvgIpc) is 2.79. The molecule has 2 heterocycles. The van der Waals surface area contributed by atoms with Gasteiger partial charge in [-0.05, 0) is 26.7 Å². The molecule has 0 amide bonds. The van der Waals surface area contributed by atoms with Crippen molar-refractivity contribution in [1.82, 2.24) is 9.55 Å². The van der Waals surface area contributed by atoms with Crippen molar-refractivity contribution in [2.24, 2.45) is 0 Å². The normalized spacial score (nSPS) is 27.0. The van der Waals surface area contributed by atoms with Gasteiger partial charge in [0.2, 0.25) is 0 Å². The van der Waals surface area contributed by atoms with Gasteiger partial charge in [-0.15, -0.1) is 0 Å². The molecule has 0 unspecified atom stereocenters. The number of hydrogen-bond donors (Lipinski definition) is 3. The topological polar surface area (TPSA) is 105 Å². The summed E-state index contributed by atoms with van der Waals surface area (Å²) in [6.45, 7) is -0.232. The standard InChI is InChI=1S/C11H12I2N2O5/c12-2-7(13)6-3-15(11(19)14-9(6)18)10-8(17)1-5(4-16)20-10/h2-3,5,8,10,16-17H,1,4H2,(H,14,18,19)/b7-2+/t5-,8+,10+/m0/s1. The molecule has 1 aliphatic rings. The first kappa shape index (κ1) is 16.1. The lowest BCUT2D eigenvalue weighted by molar-refractivity contribution is -0.0530. The quantitative estimate of drug-likeness (QED) is 0.514. The predicted octanol–water partition coefficient (Wildman–Crippen LogP) is 0.346. The van der Waals surface area contributed by atoms with Gasteiger partial charge in [-0.25, -0.2) is 4.79 Å². The first-order chi connectivity index (χ1) is 9.47. The minimum Gasteiger partial charge on any atom is -0.394 e. The predicted molar refractivity (Wildman–Crippen MR) is 89.0 cm³/mol. The van der Waals surface area contributed by atoms with Gasteiger partial charge in [0.1, 0.15) is 6.10 Å². The molecule has 3 N–H and O–H groups in total. The number of aromatic nitrogens is 2. The molecule has 20 heavy (non-hydrogen) atoms. The van der Waals surface area contributed by atoms with Crippen LogP contribution in [0.3, 0.4) is 0 Å². The van der Waals surface area contributed by atoms with E-state index in [1.54, 1.807) is 4.08 Å². The number of rotatable bonds is 3. The van der Waals surface area contributed by atoms with Gasteiger partial charge < -0.3 is 14.9 Å². The molecule has 0 aromatic carbocycles. The van der Waals surface area contributed by atoms with Gasteiger partial charge in [0.05, 0.1) is 18.3 Å². The van der Waals surface area contributed by atoms with E-state index in [1.807, 2.05) is 45.2 Å². The molecular weight excluding hydrogens is 494 g/mol. The first-order valence-electron chi connectivity index (χ1n) is 5.74. The highest BCUT2D eigenvalue weighted by molar-refractivity contribution is 14.1. The average molecular weight is 506 g/mol. The highest BCUT2D eigenvalue weighted by atomic mass is 127. The first-order valence-corrected chi connectivity index (χ1v) is 8.06. The molecule has 0 saturated carbocycles. The van der Waals surface area contributed by atoms with Crippen LogP contribution in [0.15, 0.2) is 19.9 Å². The van der Waals surface area contributed by atoms with Crippen molar-refractivity contribution in [3.05, 3.63) is 36.7 Å². The SMILES string of the molecule is O=c1[nH]c(=O)n([C@@H]2O[C@H](CO)C[C@H]2O)cc1/C(I)=C\I. The number of hydrogen-bond acceptors (Lipinski definition) is 5. The van der Waals surface area contributed by atoms with Gasteiger partial charge in [-0.3, -0.25) is 14.3 Å². The number of nitrogens with zero attached hydrogens (tertiary/aromatic N) is 1. The highest BCUT2D eigenvalue weighted by Gasteiger charge is 2.35. The van der Waals surface area contributed by atoms with Crippen LogP contribution in [0.4, 0.5) is 0 Å². The lowest BCUT2D eigenvalue weighted by atomic mass is 10.2. The minimum absolute atomic E-state index is 0.232. The van der Waals surface area contributed by atoms with Crippen molar-refractivity contribution in [2.45, 2.75) is 24.9 Å². The number of H-pyrrole nitrogens is 1. The Kier molecular flexibility index (Phi) is 5.39. The van der Waals surface area contributed by atoms with Gasteiger partial charge >= 0.3 is 5.69 Å². The van der Waals surface area contributed by atoms with Crippen LogP contribution in [0.5, 0.6) is 0 Å². The summed E-state index contributed by atoms with van der Waals surface area (Å²) in [6, 6.07) is 0. The second kappa shape index (κ2) is 6.68. The van der Waals surface area contributed by atoms with Crippen molar-refractivity contribution in [2.75, 3.05) is 6.61 Å². The largest absolute Gasteiger partial charge is 0.394 e. The van der Waals surface area contributed by atoms with Crippen molar-refractivity contribution < 1.29 is 14.9 Å². The summed E-state index contributed by atoms with van der Waals surface area (Å²) in [4.78, 5) is 25.8. The molecule has 1 aliphatic heterocycles. The zero-order valence-electron chi connectivity index (χ0n) is 10.1. The zero-order valence-corrected chi connectivity index (χ0v) is 14.4. The Hall–Kier alpha value is -0.240. The highest BCUT2D eigenvalue weighted by Crippen LogP contribution is 2.28. The maximum Gasteiger partial charge on any atom is 0.330 e. The maximum atomic E-state index is 11.9. The van der Waals surface area contributed by atoms with Gasteiger partial charge in [0.15, 0.2) is 6.23 Å². The van der Waals surface area contributed by atoms with Crippen LogP contribution >= 0.6 is 45.2 Å². The maximum absolute atomic E-state index is 11.9. The number of aromatic amines is 1. The van der Waals surface area contributed by atoms with Crippen LogP contribution in [0.2, 0.25) is 0 Å². The summed E-state index contributed by atoms with van der Waals surface area (Å²) in [7, 11) is 0. The van der Waals surface area contributed by atoms with Crippen molar-refractivity contribution in [3.8, 4) is 0 Å². The Morgan fingerprint density at radius 2 is 2.30 bits per heavy atom. The summed E-state index contributed by atoms with van der Waals surface area (Å²) < 4.78 is 8.94. The van der Waals surface area contributed by atoms with E-state index in [4.69, 9.17) is 9.84 Å². The Balaban J connectivity index is 2.47. The summed E-state index contributed by atoms with van der Waals surface area (Å²) >= 11 is 3.97. The van der Waals surface area contributed by atoms with E-state index in [9.17, 15) is 14.7 Å². The van der Waals surface area contributed by atoms with Crippen molar-refractivity contribution >= 4 is 48.8 Å². The molecule has 1 saturated heterocycles. The monoisotopic (exact) mass is 506 g/mol. The van der Waals surface area contributed by atoms with Gasteiger partial charge in [-0.1, -0.05) is 22.6 Å². The number of ether oxygens (including phenoxy) is 1. The molecular formula is C11H12I2N2O5. The second-order valence-corrected chi connectivity index (χ2v) is 6.09. The smallest absolute Gasteiger partial charge is 0.330 e. The zero-order chi connectivity index (χ0) is 14.9. The van der Waals surface area contributed by atoms with Gasteiger partial charge in [0.25, 0.3) is 5.56 Å². The third kappa shape index (κ3) is 3.16. The third-order valence-corrected chi connectivity index (χ3v) is 5.67. The molecule has 110 valence electrons. The van der Waals surface area contributed by atoms with Crippen LogP contribution in [0.1, 0.15) is 18.2 Å². The van der Waals surface area contributed by atoms with Gasteiger partial charge in [-0.2, -0.15) is 0 Å². The fourth-order valence-electron chi connectivity index (χ4n) is 2.00. The lowest BCUT2D eigenvalue weighted by Crippen LogP contribution is -2.36. The van der Waals surface area contributed by atoms with Gasteiger partial charge in [0, 0.05) is 16.2 Å². The lowest BCUT2D eigenvalue weighted by Gasteiger charge is -2.17. The Bertz CT molecular complexity index is 638. The van der Waals surface area contributed by atoms with E-state index >= 15 is 0 Å². The molecule has 3 atom stereocenters. The molecule has 1 aromatic rings. The van der Waals surface area contributed by atoms with Crippen molar-refractivity contribution in [1.29, 1.82) is 0 Å². The Morgan fingerprint density at radius 3 is 2.85 bits per heavy atom. The van der Waals surface area contributed by atoms with E-state index in [0.29, 0.717) is 9.14 Å². The summed E-state index contributed by atoms with van der Waals surface area (Å²) in [5.41, 5.74) is -0.823. The van der Waals surface area contributed by atoms with Crippen LogP contribution in [-0.2, 0) is 4.74 Å². The molecule has 0 radical (unpaired) electrons. The molecule has 0 bridgehead atoms. The number of aliphatic hydroxyl groups excluding tert-OH is 2. The Morgan fingerprint density at radius 1 is 1.60 bits per heavy atom. The number of aliphatic hydroxyl groups is 2. The second-order valence-electron chi connectivity index (χ2n) is 4.30. The van der Waals surface area contributed by atoms with E-state index in [1.165, 1.54) is 6.20 Å². The molecule has 7 nitrogen and oxygen atoms in total. The Labute approximate surface area is 140 Å². The summed E-state index contributed by atoms with van der Waals surface area (Å²) in [5, 5.41) is 19.0. The van der Waals surface area contributed by atoms with E-state index < -0.39 is 29.7 Å². The molecule has 9 heteroatoms. The molecule has 0 spiro atoms. The number of halogens is 2. The van der Waals surface area contributed by atoms with E-state index in [0.717, 1.165) is 4.57 Å². The molecule has 0 aliphatic carbocycles. The molecule has 2 rings (SSSR count). The van der Waals surface area contributed by atoms with Crippen molar-refractivity contribution in [3.63, 3.8) is 0 Å². The van der Waals surface area contributed by atoms with Crippen LogP contribution in [0.25, 0.3) is 3.58 Å². The summed E-state index contributed by atoms with van der Waals surface area (Å²) in [6.07, 6.45) is -0.734. The van der Waals surface area contributed by atoms with Crippen LogP contribution in [0, 0.1) is 0 Å². The third-order valence-electron chi connectivity index (χ3n) is 2.96. The van der Waals surface area contributed by atoms with Crippen LogP contribution in [-0.4, -0.2) is 38.6 Å². The van der Waals surface area contributed by atoms with Crippen LogP contribution < -0.4 is 11.2 Å². The molecule has 1 fully saturated rings. The fourth-order valence-corrected chi connectivity index (χ4v) is 2.72. The number of nitrogens with one attached hydrogen (secondary N) is 1.